The van der Waals surface area contributed by atoms with Crippen molar-refractivity contribution in [2.75, 3.05) is 33.4 Å². The summed E-state index contributed by atoms with van der Waals surface area (Å²) in [6.07, 6.45) is 3.58. The van der Waals surface area contributed by atoms with Crippen LogP contribution in [0.5, 0.6) is 5.75 Å². The van der Waals surface area contributed by atoms with Gasteiger partial charge in [0, 0.05) is 26.1 Å². The zero-order valence-corrected chi connectivity index (χ0v) is 13.7. The first kappa shape index (κ1) is 16.8. The maximum atomic E-state index is 12.4. The van der Waals surface area contributed by atoms with Crippen molar-refractivity contribution in [2.24, 2.45) is 5.92 Å². The van der Waals surface area contributed by atoms with Crippen LogP contribution in [0.25, 0.3) is 0 Å². The SMILES string of the molecule is CCOCC1CCCN(C(=O)CCc2cccc(OC)c2)C1. The van der Waals surface area contributed by atoms with Gasteiger partial charge in [-0.1, -0.05) is 12.1 Å². The zero-order valence-electron chi connectivity index (χ0n) is 13.7. The van der Waals surface area contributed by atoms with E-state index in [0.717, 1.165) is 50.5 Å². The highest BCUT2D eigenvalue weighted by atomic mass is 16.5. The fourth-order valence-corrected chi connectivity index (χ4v) is 2.95. The van der Waals surface area contributed by atoms with Gasteiger partial charge in [-0.2, -0.15) is 0 Å². The van der Waals surface area contributed by atoms with Crippen LogP contribution < -0.4 is 4.74 Å². The minimum absolute atomic E-state index is 0.254. The number of piperidine rings is 1. The van der Waals surface area contributed by atoms with Gasteiger partial charge in [-0.15, -0.1) is 0 Å². The molecule has 1 aliphatic rings. The Morgan fingerprint density at radius 2 is 2.27 bits per heavy atom. The first-order chi connectivity index (χ1) is 10.7. The largest absolute Gasteiger partial charge is 0.497 e. The van der Waals surface area contributed by atoms with Crippen molar-refractivity contribution in [1.82, 2.24) is 4.90 Å². The number of amides is 1. The van der Waals surface area contributed by atoms with Crippen LogP contribution in [0, 0.1) is 5.92 Å². The summed E-state index contributed by atoms with van der Waals surface area (Å²) in [6, 6.07) is 7.94. The third-order valence-corrected chi connectivity index (χ3v) is 4.19. The van der Waals surface area contributed by atoms with Crippen molar-refractivity contribution in [1.29, 1.82) is 0 Å². The van der Waals surface area contributed by atoms with E-state index in [-0.39, 0.29) is 5.91 Å². The zero-order chi connectivity index (χ0) is 15.8. The Morgan fingerprint density at radius 1 is 1.41 bits per heavy atom. The Labute approximate surface area is 133 Å². The molecule has 0 radical (unpaired) electrons. The summed E-state index contributed by atoms with van der Waals surface area (Å²) in [4.78, 5) is 14.4. The molecule has 4 heteroatoms. The second kappa shape index (κ2) is 8.79. The summed E-state index contributed by atoms with van der Waals surface area (Å²) in [7, 11) is 1.66. The average Bonchev–Trinajstić information content (AvgIpc) is 2.58. The molecular formula is C18H27NO3. The lowest BCUT2D eigenvalue weighted by molar-refractivity contribution is -0.133. The fourth-order valence-electron chi connectivity index (χ4n) is 2.95. The lowest BCUT2D eigenvalue weighted by Gasteiger charge is -2.32. The molecule has 1 fully saturated rings. The molecule has 1 aliphatic heterocycles. The third-order valence-electron chi connectivity index (χ3n) is 4.19. The number of rotatable bonds is 7. The first-order valence-corrected chi connectivity index (χ1v) is 8.21. The van der Waals surface area contributed by atoms with Crippen LogP contribution >= 0.6 is 0 Å². The van der Waals surface area contributed by atoms with Crippen molar-refractivity contribution in [3.8, 4) is 5.75 Å². The van der Waals surface area contributed by atoms with Crippen molar-refractivity contribution in [3.05, 3.63) is 29.8 Å². The van der Waals surface area contributed by atoms with E-state index < -0.39 is 0 Å². The number of hydrogen-bond donors (Lipinski definition) is 0. The van der Waals surface area contributed by atoms with Crippen LogP contribution in [0.3, 0.4) is 0 Å². The fraction of sp³-hybridized carbons (Fsp3) is 0.611. The normalized spacial score (nSPS) is 18.3. The number of methoxy groups -OCH3 is 1. The van der Waals surface area contributed by atoms with Crippen LogP contribution in [0.2, 0.25) is 0 Å². The summed E-state index contributed by atoms with van der Waals surface area (Å²) in [5, 5.41) is 0. The highest BCUT2D eigenvalue weighted by molar-refractivity contribution is 5.76. The van der Waals surface area contributed by atoms with Crippen LogP contribution in [0.4, 0.5) is 0 Å². The van der Waals surface area contributed by atoms with Crippen molar-refractivity contribution in [2.45, 2.75) is 32.6 Å². The third kappa shape index (κ3) is 5.02. The molecule has 0 aliphatic carbocycles. The topological polar surface area (TPSA) is 38.8 Å². The molecule has 0 saturated carbocycles. The van der Waals surface area contributed by atoms with E-state index in [1.807, 2.05) is 36.1 Å². The number of aryl methyl sites for hydroxylation is 1. The van der Waals surface area contributed by atoms with Gasteiger partial charge in [-0.05, 0) is 49.8 Å². The van der Waals surface area contributed by atoms with Crippen LogP contribution in [-0.4, -0.2) is 44.2 Å². The minimum Gasteiger partial charge on any atom is -0.497 e. The van der Waals surface area contributed by atoms with Crippen LogP contribution in [0.1, 0.15) is 31.7 Å². The Balaban J connectivity index is 1.81. The molecule has 1 heterocycles. The molecule has 1 aromatic rings. The highest BCUT2D eigenvalue weighted by Gasteiger charge is 2.23. The molecule has 22 heavy (non-hydrogen) atoms. The standard InChI is InChI=1S/C18H27NO3/c1-3-22-14-16-7-5-11-19(13-16)18(20)10-9-15-6-4-8-17(12-15)21-2/h4,6,8,12,16H,3,5,7,9-11,13-14H2,1-2H3. The number of likely N-dealkylation sites (tertiary alicyclic amines) is 1. The van der Waals surface area contributed by atoms with Gasteiger partial charge >= 0.3 is 0 Å². The number of hydrogen-bond acceptors (Lipinski definition) is 3. The van der Waals surface area contributed by atoms with Crippen LogP contribution in [-0.2, 0) is 16.0 Å². The van der Waals surface area contributed by atoms with Crippen molar-refractivity contribution >= 4 is 5.91 Å². The number of benzene rings is 1. The van der Waals surface area contributed by atoms with Crippen molar-refractivity contribution in [3.63, 3.8) is 0 Å². The van der Waals surface area contributed by atoms with Crippen molar-refractivity contribution < 1.29 is 14.3 Å². The summed E-state index contributed by atoms with van der Waals surface area (Å²) in [5.74, 6) is 1.60. The Hall–Kier alpha value is -1.55. The molecule has 1 amide bonds. The number of ether oxygens (including phenoxy) is 2. The monoisotopic (exact) mass is 305 g/mol. The minimum atomic E-state index is 0.254. The molecule has 0 aromatic heterocycles. The van der Waals surface area contributed by atoms with Gasteiger partial charge in [0.2, 0.25) is 5.91 Å². The number of carbonyl (C=O) groups is 1. The number of nitrogens with zero attached hydrogens (tertiary/aromatic N) is 1. The number of carbonyl (C=O) groups excluding carboxylic acids is 1. The summed E-state index contributed by atoms with van der Waals surface area (Å²) < 4.78 is 10.7. The molecule has 122 valence electrons. The molecule has 2 rings (SSSR count). The maximum Gasteiger partial charge on any atom is 0.222 e. The van der Waals surface area contributed by atoms with E-state index in [1.165, 1.54) is 6.42 Å². The predicted octanol–water partition coefficient (Wildman–Crippen LogP) is 2.90. The Kier molecular flexibility index (Phi) is 6.72. The molecule has 1 atom stereocenters. The predicted molar refractivity (Wildman–Crippen MR) is 87.1 cm³/mol. The van der Waals surface area contributed by atoms with Gasteiger partial charge in [-0.3, -0.25) is 4.79 Å². The lowest BCUT2D eigenvalue weighted by atomic mass is 9.98. The quantitative estimate of drug-likeness (QED) is 0.777. The van der Waals surface area contributed by atoms with Gasteiger partial charge in [0.1, 0.15) is 5.75 Å². The second-order valence-corrected chi connectivity index (χ2v) is 5.86. The molecule has 1 aromatic carbocycles. The van der Waals surface area contributed by atoms with E-state index in [0.29, 0.717) is 12.3 Å². The van der Waals surface area contributed by atoms with E-state index in [9.17, 15) is 4.79 Å². The second-order valence-electron chi connectivity index (χ2n) is 5.86. The summed E-state index contributed by atoms with van der Waals surface area (Å²) in [6.45, 7) is 5.27. The van der Waals surface area contributed by atoms with E-state index in [2.05, 4.69) is 0 Å². The Morgan fingerprint density at radius 3 is 3.05 bits per heavy atom. The van der Waals surface area contributed by atoms with E-state index >= 15 is 0 Å². The molecule has 1 unspecified atom stereocenters. The molecule has 0 N–H and O–H groups in total. The van der Waals surface area contributed by atoms with Gasteiger partial charge in [-0.25, -0.2) is 0 Å². The van der Waals surface area contributed by atoms with Gasteiger partial charge in [0.25, 0.3) is 0 Å². The Bertz CT molecular complexity index is 475. The molecule has 1 saturated heterocycles. The van der Waals surface area contributed by atoms with Gasteiger partial charge in [0.15, 0.2) is 0 Å². The molecule has 0 bridgehead atoms. The van der Waals surface area contributed by atoms with E-state index in [1.54, 1.807) is 7.11 Å². The molecular weight excluding hydrogens is 278 g/mol. The molecule has 0 spiro atoms. The van der Waals surface area contributed by atoms with Gasteiger partial charge < -0.3 is 14.4 Å². The maximum absolute atomic E-state index is 12.4. The van der Waals surface area contributed by atoms with Crippen LogP contribution in [0.15, 0.2) is 24.3 Å². The first-order valence-electron chi connectivity index (χ1n) is 8.21. The van der Waals surface area contributed by atoms with E-state index in [4.69, 9.17) is 9.47 Å². The summed E-state index contributed by atoms with van der Waals surface area (Å²) in [5.41, 5.74) is 1.15. The smallest absolute Gasteiger partial charge is 0.222 e. The molecule has 4 nitrogen and oxygen atoms in total. The lowest BCUT2D eigenvalue weighted by Crippen LogP contribution is -2.41. The highest BCUT2D eigenvalue weighted by Crippen LogP contribution is 2.19. The summed E-state index contributed by atoms with van der Waals surface area (Å²) >= 11 is 0. The average molecular weight is 305 g/mol. The van der Waals surface area contributed by atoms with Gasteiger partial charge in [0.05, 0.1) is 13.7 Å².